The predicted octanol–water partition coefficient (Wildman–Crippen LogP) is 6.76. The number of hydrogen-bond acceptors (Lipinski definition) is 4. The van der Waals surface area contributed by atoms with E-state index in [9.17, 15) is 14.4 Å². The molecule has 0 atom stereocenters. The van der Waals surface area contributed by atoms with Gasteiger partial charge in [0.15, 0.2) is 5.75 Å². The van der Waals surface area contributed by atoms with E-state index in [-0.39, 0.29) is 23.0 Å². The van der Waals surface area contributed by atoms with Crippen LogP contribution in [0.2, 0.25) is 5.02 Å². The zero-order valence-corrected chi connectivity index (χ0v) is 19.9. The number of carbonyl (C=O) groups is 1. The van der Waals surface area contributed by atoms with Crippen molar-refractivity contribution in [1.29, 1.82) is 5.26 Å². The van der Waals surface area contributed by atoms with Gasteiger partial charge in [-0.25, -0.2) is 4.39 Å². The number of halogens is 3. The van der Waals surface area contributed by atoms with E-state index in [2.05, 4.69) is 21.2 Å². The number of nitrogens with zero attached hydrogens (tertiary/aromatic N) is 1. The number of carbonyl (C=O) groups excluding carboxylic acids is 1. The lowest BCUT2D eigenvalue weighted by Crippen LogP contribution is -2.13. The molecule has 1 amide bonds. The second kappa shape index (κ2) is 11.5. The first-order valence-electron chi connectivity index (χ1n) is 9.92. The monoisotopic (exact) mass is 528 g/mol. The van der Waals surface area contributed by atoms with E-state index < -0.39 is 5.91 Å². The Morgan fingerprint density at radius 1 is 1.18 bits per heavy atom. The van der Waals surface area contributed by atoms with Gasteiger partial charge in [0.05, 0.1) is 16.1 Å². The average molecular weight is 530 g/mol. The number of anilines is 1. The summed E-state index contributed by atoms with van der Waals surface area (Å²) in [5.41, 5.74) is 1.33. The van der Waals surface area contributed by atoms with E-state index in [1.165, 1.54) is 12.1 Å². The Morgan fingerprint density at radius 3 is 2.55 bits per heavy atom. The van der Waals surface area contributed by atoms with Gasteiger partial charge in [-0.15, -0.1) is 0 Å². The Labute approximate surface area is 204 Å². The van der Waals surface area contributed by atoms with Crippen LogP contribution in [0.25, 0.3) is 6.08 Å². The van der Waals surface area contributed by atoms with E-state index in [1.807, 2.05) is 13.0 Å². The molecule has 8 heteroatoms. The van der Waals surface area contributed by atoms with Gasteiger partial charge in [0.1, 0.15) is 29.8 Å². The van der Waals surface area contributed by atoms with Gasteiger partial charge >= 0.3 is 0 Å². The van der Waals surface area contributed by atoms with Crippen molar-refractivity contribution < 1.29 is 18.7 Å². The summed E-state index contributed by atoms with van der Waals surface area (Å²) in [5, 5.41) is 12.4. The summed E-state index contributed by atoms with van der Waals surface area (Å²) in [6.07, 6.45) is 1.42. The molecule has 3 aromatic rings. The third-order valence-electron chi connectivity index (χ3n) is 4.45. The van der Waals surface area contributed by atoms with Crippen molar-refractivity contribution in [3.05, 3.63) is 92.7 Å². The Morgan fingerprint density at radius 2 is 1.91 bits per heavy atom. The molecule has 0 bridgehead atoms. The summed E-state index contributed by atoms with van der Waals surface area (Å²) in [6, 6.07) is 18.2. The number of nitrogens with one attached hydrogen (secondary N) is 1. The van der Waals surface area contributed by atoms with Crippen LogP contribution in [0.3, 0.4) is 0 Å². The van der Waals surface area contributed by atoms with Crippen molar-refractivity contribution >= 4 is 45.2 Å². The van der Waals surface area contributed by atoms with E-state index in [0.29, 0.717) is 39.4 Å². The number of hydrogen-bond donors (Lipinski definition) is 1. The second-order valence-electron chi connectivity index (χ2n) is 6.78. The van der Waals surface area contributed by atoms with E-state index in [4.69, 9.17) is 21.1 Å². The standard InChI is InChI=1S/C25H19BrClFN2O3/c1-2-32-20-9-7-19(8-10-20)30-25(31)18(14-29)11-16-12-21(26)24(22(27)13-16)33-15-17-5-3-4-6-23(17)28/h3-13H,2,15H2,1H3,(H,30,31)/b18-11-. The van der Waals surface area contributed by atoms with Gasteiger partial charge in [-0.05, 0) is 77.0 Å². The van der Waals surface area contributed by atoms with E-state index in [0.717, 1.165) is 0 Å². The highest BCUT2D eigenvalue weighted by Gasteiger charge is 2.14. The van der Waals surface area contributed by atoms with Crippen molar-refractivity contribution in [2.24, 2.45) is 0 Å². The van der Waals surface area contributed by atoms with Crippen LogP contribution in [0.1, 0.15) is 18.1 Å². The third-order valence-corrected chi connectivity index (χ3v) is 5.32. The van der Waals surface area contributed by atoms with Crippen LogP contribution in [-0.2, 0) is 11.4 Å². The lowest BCUT2D eigenvalue weighted by atomic mass is 10.1. The molecule has 168 valence electrons. The Hall–Kier alpha value is -3.34. The van der Waals surface area contributed by atoms with Crippen LogP contribution in [0, 0.1) is 17.1 Å². The van der Waals surface area contributed by atoms with Crippen molar-refractivity contribution in [1.82, 2.24) is 0 Å². The topological polar surface area (TPSA) is 71.3 Å². The molecule has 0 spiro atoms. The van der Waals surface area contributed by atoms with Crippen molar-refractivity contribution in [3.8, 4) is 17.6 Å². The van der Waals surface area contributed by atoms with Gasteiger partial charge in [0.2, 0.25) is 0 Å². The molecule has 0 aliphatic rings. The van der Waals surface area contributed by atoms with Crippen molar-refractivity contribution in [2.75, 3.05) is 11.9 Å². The quantitative estimate of drug-likeness (QED) is 0.258. The van der Waals surface area contributed by atoms with Gasteiger partial charge in [-0.3, -0.25) is 4.79 Å². The Bertz CT molecular complexity index is 1200. The van der Waals surface area contributed by atoms with Crippen molar-refractivity contribution in [2.45, 2.75) is 13.5 Å². The zero-order chi connectivity index (χ0) is 23.8. The summed E-state index contributed by atoms with van der Waals surface area (Å²) in [4.78, 5) is 12.5. The molecule has 0 aliphatic heterocycles. The molecule has 5 nitrogen and oxygen atoms in total. The minimum Gasteiger partial charge on any atom is -0.494 e. The highest BCUT2D eigenvalue weighted by atomic mass is 79.9. The maximum atomic E-state index is 13.8. The summed E-state index contributed by atoms with van der Waals surface area (Å²) in [5.74, 6) is 0.0769. The largest absolute Gasteiger partial charge is 0.494 e. The van der Waals surface area contributed by atoms with Crippen LogP contribution in [0.15, 0.2) is 70.7 Å². The Balaban J connectivity index is 1.74. The highest BCUT2D eigenvalue weighted by Crippen LogP contribution is 2.36. The summed E-state index contributed by atoms with van der Waals surface area (Å²) < 4.78 is 25.4. The molecular formula is C25H19BrClFN2O3. The molecule has 0 aromatic heterocycles. The molecule has 0 radical (unpaired) electrons. The minimum absolute atomic E-state index is 0.00584. The summed E-state index contributed by atoms with van der Waals surface area (Å²) in [6.45, 7) is 2.41. The average Bonchev–Trinajstić information content (AvgIpc) is 2.79. The van der Waals surface area contributed by atoms with Gasteiger partial charge in [-0.2, -0.15) is 5.26 Å². The molecular weight excluding hydrogens is 511 g/mol. The van der Waals surface area contributed by atoms with Crippen LogP contribution >= 0.6 is 27.5 Å². The normalized spacial score (nSPS) is 10.9. The number of rotatable bonds is 8. The van der Waals surface area contributed by atoms with Crippen LogP contribution < -0.4 is 14.8 Å². The molecule has 0 aliphatic carbocycles. The van der Waals surface area contributed by atoms with E-state index >= 15 is 0 Å². The smallest absolute Gasteiger partial charge is 0.266 e. The van der Waals surface area contributed by atoms with Crippen LogP contribution in [-0.4, -0.2) is 12.5 Å². The molecule has 1 N–H and O–H groups in total. The molecule has 0 fully saturated rings. The fraction of sp³-hybridized carbons (Fsp3) is 0.120. The first-order chi connectivity index (χ1) is 15.9. The molecule has 33 heavy (non-hydrogen) atoms. The maximum absolute atomic E-state index is 13.8. The van der Waals surface area contributed by atoms with Gasteiger partial charge in [-0.1, -0.05) is 29.8 Å². The fourth-order valence-corrected chi connectivity index (χ4v) is 3.87. The lowest BCUT2D eigenvalue weighted by Gasteiger charge is -2.12. The minimum atomic E-state index is -0.561. The molecule has 0 saturated carbocycles. The number of benzene rings is 3. The fourth-order valence-electron chi connectivity index (χ4n) is 2.88. The molecule has 0 heterocycles. The highest BCUT2D eigenvalue weighted by molar-refractivity contribution is 9.10. The number of nitriles is 1. The van der Waals surface area contributed by atoms with Gasteiger partial charge in [0.25, 0.3) is 5.91 Å². The molecule has 3 aromatic carbocycles. The third kappa shape index (κ3) is 6.58. The van der Waals surface area contributed by atoms with Gasteiger partial charge < -0.3 is 14.8 Å². The predicted molar refractivity (Wildman–Crippen MR) is 130 cm³/mol. The molecule has 0 saturated heterocycles. The number of amides is 1. The molecule has 0 unspecified atom stereocenters. The van der Waals surface area contributed by atoms with Crippen LogP contribution in [0.5, 0.6) is 11.5 Å². The van der Waals surface area contributed by atoms with Crippen molar-refractivity contribution in [3.63, 3.8) is 0 Å². The SMILES string of the molecule is CCOc1ccc(NC(=O)/C(C#N)=C\c2cc(Cl)c(OCc3ccccc3F)c(Br)c2)cc1. The van der Waals surface area contributed by atoms with Crippen LogP contribution in [0.4, 0.5) is 10.1 Å². The maximum Gasteiger partial charge on any atom is 0.266 e. The van der Waals surface area contributed by atoms with E-state index in [1.54, 1.807) is 54.6 Å². The molecule has 3 rings (SSSR count). The summed E-state index contributed by atoms with van der Waals surface area (Å²) >= 11 is 9.73. The summed E-state index contributed by atoms with van der Waals surface area (Å²) in [7, 11) is 0. The number of ether oxygens (including phenoxy) is 2. The first kappa shape index (κ1) is 24.3. The zero-order valence-electron chi connectivity index (χ0n) is 17.6. The second-order valence-corrected chi connectivity index (χ2v) is 8.04. The van der Waals surface area contributed by atoms with Gasteiger partial charge in [0, 0.05) is 11.3 Å². The Kier molecular flexibility index (Phi) is 8.47. The first-order valence-corrected chi connectivity index (χ1v) is 11.1. The lowest BCUT2D eigenvalue weighted by molar-refractivity contribution is -0.112.